The Bertz CT molecular complexity index is 758. The number of nitro benzene ring substituents is 1. The summed E-state index contributed by atoms with van der Waals surface area (Å²) in [6.07, 6.45) is 4.12. The molecule has 0 unspecified atom stereocenters. The zero-order valence-electron chi connectivity index (χ0n) is 10.7. The summed E-state index contributed by atoms with van der Waals surface area (Å²) >= 11 is 0. The summed E-state index contributed by atoms with van der Waals surface area (Å²) < 4.78 is 22.2. The van der Waals surface area contributed by atoms with Gasteiger partial charge in [-0.05, 0) is 12.1 Å². The maximum Gasteiger partial charge on any atom is 0.278 e. The summed E-state index contributed by atoms with van der Waals surface area (Å²) in [5, 5.41) is 15.0. The molecule has 106 valence electrons. The molecule has 1 N–H and O–H groups in total. The van der Waals surface area contributed by atoms with Gasteiger partial charge in [-0.2, -0.15) is 0 Å². The molecule has 0 atom stereocenters. The zero-order chi connectivity index (χ0) is 14.8. The summed E-state index contributed by atoms with van der Waals surface area (Å²) in [4.78, 5) is 14.4. The van der Waals surface area contributed by atoms with E-state index in [0.29, 0.717) is 16.5 Å². The predicted molar refractivity (Wildman–Crippen MR) is 76.6 cm³/mol. The van der Waals surface area contributed by atoms with Crippen molar-refractivity contribution in [1.82, 2.24) is 4.98 Å². The normalized spacial score (nSPS) is 11.4. The van der Waals surface area contributed by atoms with Crippen molar-refractivity contribution in [3.63, 3.8) is 0 Å². The van der Waals surface area contributed by atoms with Crippen molar-refractivity contribution < 1.29 is 13.3 Å². The summed E-state index contributed by atoms with van der Waals surface area (Å²) in [5.41, 5.74) is 0.624. The average molecular weight is 295 g/mol. The third kappa shape index (κ3) is 3.21. The minimum atomic E-state index is -3.05. The molecule has 0 saturated carbocycles. The molecule has 0 saturated heterocycles. The molecule has 0 fully saturated rings. The second kappa shape index (κ2) is 5.41. The van der Waals surface area contributed by atoms with E-state index >= 15 is 0 Å². The summed E-state index contributed by atoms with van der Waals surface area (Å²) in [5.74, 6) is -0.00341. The van der Waals surface area contributed by atoms with Crippen molar-refractivity contribution in [2.45, 2.75) is 0 Å². The molecule has 0 aliphatic rings. The van der Waals surface area contributed by atoms with Crippen LogP contribution < -0.4 is 5.32 Å². The van der Waals surface area contributed by atoms with Gasteiger partial charge in [-0.3, -0.25) is 15.1 Å². The van der Waals surface area contributed by atoms with E-state index in [4.69, 9.17) is 0 Å². The number of nitrogens with one attached hydrogen (secondary N) is 1. The quantitative estimate of drug-likeness (QED) is 0.664. The molecule has 0 aliphatic heterocycles. The monoisotopic (exact) mass is 295 g/mol. The first kappa shape index (κ1) is 14.2. The van der Waals surface area contributed by atoms with Crippen LogP contribution in [-0.2, 0) is 9.84 Å². The fourth-order valence-electron chi connectivity index (χ4n) is 1.86. The first-order chi connectivity index (χ1) is 9.38. The number of sulfone groups is 1. The van der Waals surface area contributed by atoms with Crippen LogP contribution in [0.15, 0.2) is 30.6 Å². The second-order valence-corrected chi connectivity index (χ2v) is 6.63. The van der Waals surface area contributed by atoms with Crippen molar-refractivity contribution in [1.29, 1.82) is 0 Å². The first-order valence-electron chi connectivity index (χ1n) is 5.81. The van der Waals surface area contributed by atoms with Gasteiger partial charge in [0.15, 0.2) is 0 Å². The van der Waals surface area contributed by atoms with Crippen molar-refractivity contribution in [3.8, 4) is 0 Å². The Morgan fingerprint density at radius 3 is 2.70 bits per heavy atom. The minimum absolute atomic E-state index is 0.00341. The van der Waals surface area contributed by atoms with E-state index in [1.165, 1.54) is 18.5 Å². The molecule has 0 radical (unpaired) electrons. The van der Waals surface area contributed by atoms with E-state index in [2.05, 4.69) is 10.3 Å². The topological polar surface area (TPSA) is 102 Å². The molecule has 0 spiro atoms. The lowest BCUT2D eigenvalue weighted by molar-refractivity contribution is -0.383. The molecule has 2 rings (SSSR count). The van der Waals surface area contributed by atoms with Crippen LogP contribution in [0.1, 0.15) is 0 Å². The smallest absolute Gasteiger partial charge is 0.278 e. The first-order valence-corrected chi connectivity index (χ1v) is 7.87. The third-order valence-corrected chi connectivity index (χ3v) is 3.73. The molecule has 8 heteroatoms. The molecular weight excluding hydrogens is 282 g/mol. The lowest BCUT2D eigenvalue weighted by Gasteiger charge is -2.09. The van der Waals surface area contributed by atoms with Crippen LogP contribution in [0.3, 0.4) is 0 Å². The standard InChI is InChI=1S/C12H13N3O4S/c1-20(18,19)7-6-14-11-2-3-12(15(16)17)10-8-13-5-4-9(10)11/h2-5,8,14H,6-7H2,1H3. The van der Waals surface area contributed by atoms with Crippen LogP contribution in [0.2, 0.25) is 0 Å². The molecule has 20 heavy (non-hydrogen) atoms. The van der Waals surface area contributed by atoms with Crippen LogP contribution in [-0.4, -0.2) is 36.9 Å². The van der Waals surface area contributed by atoms with Crippen LogP contribution in [0.25, 0.3) is 10.8 Å². The van der Waals surface area contributed by atoms with Crippen molar-refractivity contribution in [2.75, 3.05) is 23.9 Å². The average Bonchev–Trinajstić information content (AvgIpc) is 2.37. The Balaban J connectivity index is 2.36. The summed E-state index contributed by atoms with van der Waals surface area (Å²) in [6, 6.07) is 4.61. The number of nitrogens with zero attached hydrogens (tertiary/aromatic N) is 2. The van der Waals surface area contributed by atoms with Crippen LogP contribution in [0.4, 0.5) is 11.4 Å². The molecule has 0 amide bonds. The number of fused-ring (bicyclic) bond motifs is 1. The van der Waals surface area contributed by atoms with Gasteiger partial charge in [0.05, 0.1) is 16.1 Å². The number of nitro groups is 1. The molecule has 0 aliphatic carbocycles. The molecule has 0 bridgehead atoms. The Morgan fingerprint density at radius 2 is 2.05 bits per heavy atom. The Kier molecular flexibility index (Phi) is 3.84. The fourth-order valence-corrected chi connectivity index (χ4v) is 2.33. The van der Waals surface area contributed by atoms with Crippen molar-refractivity contribution >= 4 is 32.0 Å². The highest BCUT2D eigenvalue weighted by atomic mass is 32.2. The predicted octanol–water partition coefficient (Wildman–Crippen LogP) is 1.60. The third-order valence-electron chi connectivity index (χ3n) is 2.78. The number of anilines is 1. The van der Waals surface area contributed by atoms with Gasteiger partial charge in [-0.1, -0.05) is 0 Å². The van der Waals surface area contributed by atoms with Gasteiger partial charge in [-0.25, -0.2) is 8.42 Å². The van der Waals surface area contributed by atoms with Gasteiger partial charge >= 0.3 is 0 Å². The summed E-state index contributed by atoms with van der Waals surface area (Å²) in [6.45, 7) is 0.244. The number of rotatable bonds is 5. The molecule has 1 aromatic heterocycles. The van der Waals surface area contributed by atoms with Gasteiger partial charge in [0, 0.05) is 42.3 Å². The fraction of sp³-hybridized carbons (Fsp3) is 0.250. The van der Waals surface area contributed by atoms with Gasteiger partial charge in [0.1, 0.15) is 9.84 Å². The van der Waals surface area contributed by atoms with Gasteiger partial charge in [0.2, 0.25) is 0 Å². The Labute approximate surface area is 115 Å². The van der Waals surface area contributed by atoms with E-state index in [0.717, 1.165) is 6.26 Å². The minimum Gasteiger partial charge on any atom is -0.384 e. The number of non-ortho nitro benzene ring substituents is 1. The van der Waals surface area contributed by atoms with E-state index < -0.39 is 14.8 Å². The number of benzene rings is 1. The molecular formula is C12H13N3O4S. The van der Waals surface area contributed by atoms with Crippen LogP contribution >= 0.6 is 0 Å². The molecule has 1 aromatic carbocycles. The lowest BCUT2D eigenvalue weighted by atomic mass is 10.1. The SMILES string of the molecule is CS(=O)(=O)CCNc1ccc([N+](=O)[O-])c2cnccc12. The van der Waals surface area contributed by atoms with E-state index in [-0.39, 0.29) is 18.0 Å². The number of hydrogen-bond donors (Lipinski definition) is 1. The largest absolute Gasteiger partial charge is 0.384 e. The Morgan fingerprint density at radius 1 is 1.30 bits per heavy atom. The summed E-state index contributed by atoms with van der Waals surface area (Å²) in [7, 11) is -3.05. The lowest BCUT2D eigenvalue weighted by Crippen LogP contribution is -2.14. The highest BCUT2D eigenvalue weighted by Gasteiger charge is 2.14. The van der Waals surface area contributed by atoms with Gasteiger partial charge in [-0.15, -0.1) is 0 Å². The molecule has 1 heterocycles. The number of hydrogen-bond acceptors (Lipinski definition) is 6. The maximum absolute atomic E-state index is 11.1. The maximum atomic E-state index is 11.1. The van der Waals surface area contributed by atoms with Gasteiger partial charge in [0.25, 0.3) is 5.69 Å². The highest BCUT2D eigenvalue weighted by molar-refractivity contribution is 7.90. The van der Waals surface area contributed by atoms with E-state index in [1.807, 2.05) is 0 Å². The van der Waals surface area contributed by atoms with Crippen LogP contribution in [0.5, 0.6) is 0 Å². The molecule has 2 aromatic rings. The van der Waals surface area contributed by atoms with E-state index in [1.54, 1.807) is 12.1 Å². The van der Waals surface area contributed by atoms with Gasteiger partial charge < -0.3 is 5.32 Å². The van der Waals surface area contributed by atoms with E-state index in [9.17, 15) is 18.5 Å². The Hall–Kier alpha value is -2.22. The van der Waals surface area contributed by atoms with Crippen molar-refractivity contribution in [3.05, 3.63) is 40.7 Å². The second-order valence-electron chi connectivity index (χ2n) is 4.37. The zero-order valence-corrected chi connectivity index (χ0v) is 11.6. The molecule has 7 nitrogen and oxygen atoms in total. The van der Waals surface area contributed by atoms with Crippen molar-refractivity contribution in [2.24, 2.45) is 0 Å². The highest BCUT2D eigenvalue weighted by Crippen LogP contribution is 2.30. The van der Waals surface area contributed by atoms with Crippen LogP contribution in [0, 0.1) is 10.1 Å². The number of aromatic nitrogens is 1. The number of pyridine rings is 1.